The van der Waals surface area contributed by atoms with Gasteiger partial charge in [-0.25, -0.2) is 9.37 Å². The van der Waals surface area contributed by atoms with Gasteiger partial charge in [-0.05, 0) is 31.2 Å². The molecule has 3 aromatic carbocycles. The summed E-state index contributed by atoms with van der Waals surface area (Å²) in [4.78, 5) is 17.3. The highest BCUT2D eigenvalue weighted by Crippen LogP contribution is 2.25. The number of carbonyl (C=O) groups excluding carboxylic acids is 1. The van der Waals surface area contributed by atoms with Gasteiger partial charge in [0.2, 0.25) is 5.91 Å². The van der Waals surface area contributed by atoms with Crippen LogP contribution in [0.15, 0.2) is 72.8 Å². The lowest BCUT2D eigenvalue weighted by atomic mass is 10.1. The van der Waals surface area contributed by atoms with E-state index in [-0.39, 0.29) is 18.1 Å². The Kier molecular flexibility index (Phi) is 4.42. The van der Waals surface area contributed by atoms with Crippen molar-refractivity contribution in [3.8, 4) is 11.4 Å². The summed E-state index contributed by atoms with van der Waals surface area (Å²) in [6.45, 7) is 2.06. The van der Waals surface area contributed by atoms with E-state index in [2.05, 4.69) is 5.32 Å². The van der Waals surface area contributed by atoms with E-state index in [0.29, 0.717) is 5.82 Å². The van der Waals surface area contributed by atoms with Crippen LogP contribution in [0.1, 0.15) is 5.56 Å². The lowest BCUT2D eigenvalue weighted by molar-refractivity contribution is -0.116. The number of carbonyl (C=O) groups is 1. The molecule has 1 N–H and O–H groups in total. The molecular weight excluding hydrogens is 341 g/mol. The maximum absolute atomic E-state index is 13.8. The van der Waals surface area contributed by atoms with Gasteiger partial charge in [0, 0.05) is 5.56 Å². The van der Waals surface area contributed by atoms with E-state index in [9.17, 15) is 9.18 Å². The van der Waals surface area contributed by atoms with Crippen molar-refractivity contribution in [3.05, 3.63) is 84.2 Å². The van der Waals surface area contributed by atoms with E-state index in [1.807, 2.05) is 60.0 Å². The molecule has 4 nitrogen and oxygen atoms in total. The largest absolute Gasteiger partial charge is 0.322 e. The number of nitrogens with one attached hydrogen (secondary N) is 1. The molecule has 0 aliphatic heterocycles. The number of benzene rings is 3. The van der Waals surface area contributed by atoms with Gasteiger partial charge in [-0.1, -0.05) is 54.1 Å². The number of anilines is 1. The van der Waals surface area contributed by atoms with Crippen molar-refractivity contribution in [2.24, 2.45) is 0 Å². The van der Waals surface area contributed by atoms with Gasteiger partial charge in [0.15, 0.2) is 0 Å². The van der Waals surface area contributed by atoms with Gasteiger partial charge in [-0.15, -0.1) is 0 Å². The number of nitrogens with zero attached hydrogens (tertiary/aromatic N) is 2. The van der Waals surface area contributed by atoms with Crippen LogP contribution in [0.25, 0.3) is 22.4 Å². The van der Waals surface area contributed by atoms with Crippen LogP contribution in [0, 0.1) is 12.7 Å². The number of aromatic nitrogens is 2. The van der Waals surface area contributed by atoms with Crippen LogP contribution < -0.4 is 5.32 Å². The second kappa shape index (κ2) is 7.03. The van der Waals surface area contributed by atoms with E-state index in [1.165, 1.54) is 6.07 Å². The molecule has 0 unspecified atom stereocenters. The monoisotopic (exact) mass is 359 g/mol. The summed E-state index contributed by atoms with van der Waals surface area (Å²) >= 11 is 0. The van der Waals surface area contributed by atoms with Crippen molar-refractivity contribution in [1.29, 1.82) is 0 Å². The van der Waals surface area contributed by atoms with Crippen LogP contribution in [0.2, 0.25) is 0 Å². The molecule has 0 atom stereocenters. The maximum Gasteiger partial charge on any atom is 0.244 e. The Morgan fingerprint density at radius 2 is 1.70 bits per heavy atom. The highest BCUT2D eigenvalue weighted by molar-refractivity contribution is 5.92. The fourth-order valence-corrected chi connectivity index (χ4v) is 3.05. The van der Waals surface area contributed by atoms with Crippen LogP contribution in [-0.2, 0) is 11.3 Å². The van der Waals surface area contributed by atoms with Crippen LogP contribution in [0.4, 0.5) is 10.1 Å². The van der Waals surface area contributed by atoms with E-state index < -0.39 is 5.82 Å². The van der Waals surface area contributed by atoms with Crippen molar-refractivity contribution >= 4 is 22.6 Å². The number of halogens is 1. The van der Waals surface area contributed by atoms with Crippen LogP contribution in [0.5, 0.6) is 0 Å². The Balaban J connectivity index is 1.71. The van der Waals surface area contributed by atoms with Crippen molar-refractivity contribution < 1.29 is 9.18 Å². The van der Waals surface area contributed by atoms with Gasteiger partial charge in [0.1, 0.15) is 18.2 Å². The molecule has 27 heavy (non-hydrogen) atoms. The minimum Gasteiger partial charge on any atom is -0.322 e. The lowest BCUT2D eigenvalue weighted by Crippen LogP contribution is -2.20. The first-order valence-corrected chi connectivity index (χ1v) is 8.68. The molecule has 4 rings (SSSR count). The quantitative estimate of drug-likeness (QED) is 0.569. The van der Waals surface area contributed by atoms with Gasteiger partial charge in [-0.2, -0.15) is 0 Å². The second-order valence-electron chi connectivity index (χ2n) is 6.40. The Morgan fingerprint density at radius 3 is 2.48 bits per heavy atom. The molecular formula is C22H18FN3O. The van der Waals surface area contributed by atoms with Crippen LogP contribution in [0.3, 0.4) is 0 Å². The highest BCUT2D eigenvalue weighted by atomic mass is 19.1. The third-order valence-electron chi connectivity index (χ3n) is 4.41. The average molecular weight is 359 g/mol. The second-order valence-corrected chi connectivity index (χ2v) is 6.40. The number of para-hydroxylation sites is 3. The molecule has 0 saturated carbocycles. The Bertz CT molecular complexity index is 1120. The number of fused-ring (bicyclic) bond motifs is 1. The highest BCUT2D eigenvalue weighted by Gasteiger charge is 2.16. The predicted octanol–water partition coefficient (Wildman–Crippen LogP) is 4.79. The van der Waals surface area contributed by atoms with E-state index >= 15 is 0 Å². The summed E-state index contributed by atoms with van der Waals surface area (Å²) in [7, 11) is 0. The maximum atomic E-state index is 13.8. The van der Waals surface area contributed by atoms with Crippen molar-refractivity contribution in [2.45, 2.75) is 13.5 Å². The number of imidazole rings is 1. The van der Waals surface area contributed by atoms with Crippen molar-refractivity contribution in [3.63, 3.8) is 0 Å². The smallest absolute Gasteiger partial charge is 0.244 e. The summed E-state index contributed by atoms with van der Waals surface area (Å²) in [6, 6.07) is 21.8. The zero-order valence-corrected chi connectivity index (χ0v) is 14.8. The lowest BCUT2D eigenvalue weighted by Gasteiger charge is -2.11. The zero-order valence-electron chi connectivity index (χ0n) is 14.8. The summed E-state index contributed by atoms with van der Waals surface area (Å²) in [5, 5.41) is 2.64. The third-order valence-corrected chi connectivity index (χ3v) is 4.41. The van der Waals surface area contributed by atoms with Crippen LogP contribution in [-0.4, -0.2) is 15.5 Å². The SMILES string of the molecule is Cc1ccc(-c2nc3ccccc3n2CC(=O)Nc2ccccc2F)cc1. The van der Waals surface area contributed by atoms with Gasteiger partial charge in [0.05, 0.1) is 16.7 Å². The molecule has 1 aromatic heterocycles. The fraction of sp³-hybridized carbons (Fsp3) is 0.0909. The normalized spacial score (nSPS) is 10.9. The topological polar surface area (TPSA) is 46.9 Å². The minimum atomic E-state index is -0.458. The molecule has 4 aromatic rings. The summed E-state index contributed by atoms with van der Waals surface area (Å²) in [5.41, 5.74) is 3.92. The molecule has 1 amide bonds. The number of rotatable bonds is 4. The van der Waals surface area contributed by atoms with Crippen molar-refractivity contribution in [1.82, 2.24) is 9.55 Å². The van der Waals surface area contributed by atoms with E-state index in [1.54, 1.807) is 18.2 Å². The first-order chi connectivity index (χ1) is 13.1. The standard InChI is InChI=1S/C22H18FN3O/c1-15-10-12-16(13-11-15)22-25-19-8-4-5-9-20(19)26(22)14-21(27)24-18-7-3-2-6-17(18)23/h2-13H,14H2,1H3,(H,24,27). The first-order valence-electron chi connectivity index (χ1n) is 8.68. The van der Waals surface area contributed by atoms with Gasteiger partial charge < -0.3 is 9.88 Å². The number of hydrogen-bond donors (Lipinski definition) is 1. The summed E-state index contributed by atoms with van der Waals surface area (Å²) in [5.74, 6) is -0.0587. The number of aryl methyl sites for hydroxylation is 1. The Labute approximate surface area is 156 Å². The van der Waals surface area contributed by atoms with Crippen molar-refractivity contribution in [2.75, 3.05) is 5.32 Å². The molecule has 0 radical (unpaired) electrons. The molecule has 1 heterocycles. The average Bonchev–Trinajstić information content (AvgIpc) is 3.03. The molecule has 0 bridgehead atoms. The third kappa shape index (κ3) is 3.44. The van der Waals surface area contributed by atoms with Crippen LogP contribution >= 0.6 is 0 Å². The minimum absolute atomic E-state index is 0.0397. The number of hydrogen-bond acceptors (Lipinski definition) is 2. The molecule has 134 valence electrons. The molecule has 5 heteroatoms. The predicted molar refractivity (Wildman–Crippen MR) is 105 cm³/mol. The Morgan fingerprint density at radius 1 is 1.00 bits per heavy atom. The molecule has 0 saturated heterocycles. The van der Waals surface area contributed by atoms with Gasteiger partial charge in [-0.3, -0.25) is 4.79 Å². The molecule has 0 aliphatic rings. The van der Waals surface area contributed by atoms with E-state index in [4.69, 9.17) is 4.98 Å². The molecule has 0 fully saturated rings. The van der Waals surface area contributed by atoms with Gasteiger partial charge in [0.25, 0.3) is 0 Å². The van der Waals surface area contributed by atoms with Gasteiger partial charge >= 0.3 is 0 Å². The fourth-order valence-electron chi connectivity index (χ4n) is 3.05. The van der Waals surface area contributed by atoms with E-state index in [0.717, 1.165) is 22.2 Å². The summed E-state index contributed by atoms with van der Waals surface area (Å²) in [6.07, 6.45) is 0. The Hall–Kier alpha value is -3.47. The molecule has 0 spiro atoms. The zero-order chi connectivity index (χ0) is 18.8. The summed E-state index contributed by atoms with van der Waals surface area (Å²) < 4.78 is 15.7. The molecule has 0 aliphatic carbocycles. The first kappa shape index (κ1) is 17.0. The number of amides is 1.